The van der Waals surface area contributed by atoms with Crippen LogP contribution in [0.3, 0.4) is 0 Å². The fourth-order valence-corrected chi connectivity index (χ4v) is 3.16. The van der Waals surface area contributed by atoms with Crippen LogP contribution in [-0.4, -0.2) is 33.8 Å². The third-order valence-electron chi connectivity index (χ3n) is 4.89. The molecule has 0 aliphatic carbocycles. The van der Waals surface area contributed by atoms with Crippen LogP contribution in [0.25, 0.3) is 0 Å². The molecule has 1 unspecified atom stereocenters. The first-order valence-electron chi connectivity index (χ1n) is 10.4. The van der Waals surface area contributed by atoms with Crippen molar-refractivity contribution in [2.75, 3.05) is 13.1 Å². The Morgan fingerprint density at radius 1 is 1.13 bits per heavy atom. The number of rotatable bonds is 9. The van der Waals surface area contributed by atoms with Crippen LogP contribution in [-0.2, 0) is 19.4 Å². The molecule has 0 saturated heterocycles. The third kappa shape index (κ3) is 7.93. The first-order valence-corrected chi connectivity index (χ1v) is 10.4. The van der Waals surface area contributed by atoms with E-state index in [0.29, 0.717) is 13.1 Å². The number of hydrogen-bond acceptors (Lipinski definition) is 3. The molecule has 3 aromatic rings. The molecule has 8 heteroatoms. The van der Waals surface area contributed by atoms with E-state index in [1.165, 1.54) is 17.7 Å². The SMILES string of the molecule is CCc1nncn1CCNC(=NCCc1ccc(F)cc1)NC(C)c1ccccc1.I. The molecule has 6 nitrogen and oxygen atoms in total. The van der Waals surface area contributed by atoms with E-state index in [4.69, 9.17) is 4.99 Å². The minimum absolute atomic E-state index is 0. The zero-order chi connectivity index (χ0) is 21.2. The van der Waals surface area contributed by atoms with Crippen LogP contribution in [0.4, 0.5) is 4.39 Å². The molecule has 0 spiro atoms. The van der Waals surface area contributed by atoms with E-state index in [2.05, 4.69) is 46.8 Å². The van der Waals surface area contributed by atoms with Gasteiger partial charge in [0, 0.05) is 26.1 Å². The average molecular weight is 536 g/mol. The zero-order valence-corrected chi connectivity index (χ0v) is 20.3. The number of guanidine groups is 1. The van der Waals surface area contributed by atoms with Gasteiger partial charge in [-0.15, -0.1) is 34.2 Å². The standard InChI is InChI=1S/C23H29FN6.HI/c1-3-22-29-27-17-30(22)16-15-26-23(28-18(2)20-7-5-4-6-8-20)25-14-13-19-9-11-21(24)12-10-19;/h4-12,17-18H,3,13-16H2,1-2H3,(H2,25,26,28);1H. The Morgan fingerprint density at radius 2 is 1.87 bits per heavy atom. The van der Waals surface area contributed by atoms with Gasteiger partial charge in [-0.2, -0.15) is 0 Å². The van der Waals surface area contributed by atoms with Crippen molar-refractivity contribution < 1.29 is 4.39 Å². The Morgan fingerprint density at radius 3 is 2.58 bits per heavy atom. The van der Waals surface area contributed by atoms with E-state index in [1.54, 1.807) is 18.5 Å². The Balaban J connectivity index is 0.00000341. The van der Waals surface area contributed by atoms with Gasteiger partial charge in [0.2, 0.25) is 0 Å². The van der Waals surface area contributed by atoms with Gasteiger partial charge in [-0.05, 0) is 36.6 Å². The molecule has 0 radical (unpaired) electrons. The Hall–Kier alpha value is -2.49. The fraction of sp³-hybridized carbons (Fsp3) is 0.348. The van der Waals surface area contributed by atoms with Crippen LogP contribution in [0.1, 0.15) is 36.8 Å². The van der Waals surface area contributed by atoms with E-state index >= 15 is 0 Å². The van der Waals surface area contributed by atoms with Crippen molar-refractivity contribution in [3.63, 3.8) is 0 Å². The minimum Gasteiger partial charge on any atom is -0.355 e. The number of aliphatic imine (C=N–C) groups is 1. The summed E-state index contributed by atoms with van der Waals surface area (Å²) in [6.45, 7) is 6.25. The summed E-state index contributed by atoms with van der Waals surface area (Å²) >= 11 is 0. The molecule has 1 heterocycles. The molecule has 0 bridgehead atoms. The van der Waals surface area contributed by atoms with E-state index in [-0.39, 0.29) is 35.8 Å². The molecule has 2 N–H and O–H groups in total. The third-order valence-corrected chi connectivity index (χ3v) is 4.89. The maximum absolute atomic E-state index is 13.1. The minimum atomic E-state index is -0.219. The number of aromatic nitrogens is 3. The molecular formula is C23H30FIN6. The molecule has 2 aromatic carbocycles. The van der Waals surface area contributed by atoms with Crippen molar-refractivity contribution in [1.29, 1.82) is 0 Å². The van der Waals surface area contributed by atoms with Gasteiger partial charge in [0.15, 0.2) is 5.96 Å². The first-order chi connectivity index (χ1) is 14.7. The van der Waals surface area contributed by atoms with Gasteiger partial charge >= 0.3 is 0 Å². The van der Waals surface area contributed by atoms with Gasteiger partial charge < -0.3 is 15.2 Å². The normalized spacial score (nSPS) is 12.2. The quantitative estimate of drug-likeness (QED) is 0.245. The summed E-state index contributed by atoms with van der Waals surface area (Å²) < 4.78 is 15.1. The summed E-state index contributed by atoms with van der Waals surface area (Å²) in [7, 11) is 0. The number of halogens is 2. The average Bonchev–Trinajstić information content (AvgIpc) is 3.23. The van der Waals surface area contributed by atoms with Crippen LogP contribution < -0.4 is 10.6 Å². The van der Waals surface area contributed by atoms with Crippen molar-refractivity contribution >= 4 is 29.9 Å². The van der Waals surface area contributed by atoms with Crippen LogP contribution >= 0.6 is 24.0 Å². The highest BCUT2D eigenvalue weighted by Gasteiger charge is 2.08. The number of benzene rings is 2. The van der Waals surface area contributed by atoms with E-state index in [0.717, 1.165) is 36.7 Å². The lowest BCUT2D eigenvalue weighted by Crippen LogP contribution is -2.40. The predicted octanol–water partition coefficient (Wildman–Crippen LogP) is 4.14. The van der Waals surface area contributed by atoms with Crippen molar-refractivity contribution in [1.82, 2.24) is 25.4 Å². The summed E-state index contributed by atoms with van der Waals surface area (Å²) in [5.74, 6) is 1.50. The van der Waals surface area contributed by atoms with Gasteiger partial charge in [-0.25, -0.2) is 4.39 Å². The van der Waals surface area contributed by atoms with Crippen LogP contribution in [0, 0.1) is 5.82 Å². The number of hydrogen-bond donors (Lipinski definition) is 2. The first kappa shape index (κ1) is 24.8. The molecule has 166 valence electrons. The fourth-order valence-electron chi connectivity index (χ4n) is 3.16. The largest absolute Gasteiger partial charge is 0.355 e. The molecule has 0 fully saturated rings. The number of aryl methyl sites for hydroxylation is 1. The summed E-state index contributed by atoms with van der Waals surface area (Å²) in [6, 6.07) is 17.0. The molecule has 0 aliphatic heterocycles. The van der Waals surface area contributed by atoms with Gasteiger partial charge in [0.1, 0.15) is 18.0 Å². The van der Waals surface area contributed by atoms with Crippen molar-refractivity contribution in [2.45, 2.75) is 39.3 Å². The molecule has 0 amide bonds. The molecule has 3 rings (SSSR count). The molecule has 1 atom stereocenters. The van der Waals surface area contributed by atoms with Gasteiger partial charge in [-0.3, -0.25) is 4.99 Å². The smallest absolute Gasteiger partial charge is 0.191 e. The number of nitrogens with one attached hydrogen (secondary N) is 2. The Bertz CT molecular complexity index is 927. The lowest BCUT2D eigenvalue weighted by Gasteiger charge is -2.19. The second-order valence-electron chi connectivity index (χ2n) is 7.10. The van der Waals surface area contributed by atoms with Crippen molar-refractivity contribution in [2.24, 2.45) is 4.99 Å². The predicted molar refractivity (Wildman–Crippen MR) is 133 cm³/mol. The summed E-state index contributed by atoms with van der Waals surface area (Å²) in [5, 5.41) is 15.0. The molecule has 1 aromatic heterocycles. The lowest BCUT2D eigenvalue weighted by molar-refractivity contribution is 0.618. The van der Waals surface area contributed by atoms with Crippen molar-refractivity contribution in [3.8, 4) is 0 Å². The maximum atomic E-state index is 13.1. The molecule has 0 aliphatic rings. The monoisotopic (exact) mass is 536 g/mol. The zero-order valence-electron chi connectivity index (χ0n) is 18.0. The lowest BCUT2D eigenvalue weighted by atomic mass is 10.1. The molecule has 0 saturated carbocycles. The number of nitrogens with zero attached hydrogens (tertiary/aromatic N) is 4. The van der Waals surface area contributed by atoms with Gasteiger partial charge in [0.05, 0.1) is 6.04 Å². The van der Waals surface area contributed by atoms with Crippen molar-refractivity contribution in [3.05, 3.63) is 83.7 Å². The van der Waals surface area contributed by atoms with E-state index in [9.17, 15) is 4.39 Å². The molecule has 31 heavy (non-hydrogen) atoms. The highest BCUT2D eigenvalue weighted by molar-refractivity contribution is 14.0. The molecular weight excluding hydrogens is 506 g/mol. The highest BCUT2D eigenvalue weighted by Crippen LogP contribution is 2.11. The van der Waals surface area contributed by atoms with Crippen LogP contribution in [0.2, 0.25) is 0 Å². The summed E-state index contributed by atoms with van der Waals surface area (Å²) in [4.78, 5) is 4.73. The van der Waals surface area contributed by atoms with Crippen LogP contribution in [0.5, 0.6) is 0 Å². The second-order valence-corrected chi connectivity index (χ2v) is 7.10. The maximum Gasteiger partial charge on any atom is 0.191 e. The Kier molecular flexibility index (Phi) is 10.4. The second kappa shape index (κ2) is 13.0. The highest BCUT2D eigenvalue weighted by atomic mass is 127. The van der Waals surface area contributed by atoms with Gasteiger partial charge in [-0.1, -0.05) is 49.4 Å². The topological polar surface area (TPSA) is 67.1 Å². The Labute approximate surface area is 200 Å². The van der Waals surface area contributed by atoms with E-state index in [1.807, 2.05) is 22.8 Å². The summed E-state index contributed by atoms with van der Waals surface area (Å²) in [5.41, 5.74) is 2.25. The van der Waals surface area contributed by atoms with Gasteiger partial charge in [0.25, 0.3) is 0 Å². The van der Waals surface area contributed by atoms with Crippen LogP contribution in [0.15, 0.2) is 65.9 Å². The summed E-state index contributed by atoms with van der Waals surface area (Å²) in [6.07, 6.45) is 3.35. The van der Waals surface area contributed by atoms with E-state index < -0.39 is 0 Å².